The van der Waals surface area contributed by atoms with Crippen LogP contribution in [0.3, 0.4) is 0 Å². The first-order chi connectivity index (χ1) is 13.7. The fourth-order valence-corrected chi connectivity index (χ4v) is 2.83. The van der Waals surface area contributed by atoms with E-state index in [0.29, 0.717) is 17.9 Å². The number of fused-ring (bicyclic) bond motifs is 1. The average Bonchev–Trinajstić information content (AvgIpc) is 3.17. The molecule has 0 saturated carbocycles. The molecule has 0 atom stereocenters. The number of hydrogen-bond acceptors (Lipinski definition) is 5. The second-order valence-electron chi connectivity index (χ2n) is 6.29. The van der Waals surface area contributed by atoms with Crippen molar-refractivity contribution >= 4 is 17.4 Å². The Bertz CT molecular complexity index is 992. The highest BCUT2D eigenvalue weighted by atomic mass is 19.1. The molecule has 0 spiro atoms. The summed E-state index contributed by atoms with van der Waals surface area (Å²) in [5, 5.41) is 5.93. The first-order valence-corrected chi connectivity index (χ1v) is 8.79. The van der Waals surface area contributed by atoms with Crippen LogP contribution >= 0.6 is 0 Å². The van der Waals surface area contributed by atoms with Crippen molar-refractivity contribution in [3.8, 4) is 11.5 Å². The highest BCUT2D eigenvalue weighted by Gasteiger charge is 2.13. The maximum Gasteiger partial charge on any atom is 0.231 e. The SMILES string of the molecule is O=C(Cc1ccccc1F)Nc1ccc(NCc2ccc3c(c2)OCO3)cn1. The first-order valence-electron chi connectivity index (χ1n) is 8.79. The zero-order valence-electron chi connectivity index (χ0n) is 14.9. The van der Waals surface area contributed by atoms with Crippen LogP contribution < -0.4 is 20.1 Å². The van der Waals surface area contributed by atoms with Crippen molar-refractivity contribution in [3.63, 3.8) is 0 Å². The quantitative estimate of drug-likeness (QED) is 0.683. The molecule has 0 bridgehead atoms. The first kappa shape index (κ1) is 17.8. The minimum atomic E-state index is -0.395. The third-order valence-electron chi connectivity index (χ3n) is 4.27. The summed E-state index contributed by atoms with van der Waals surface area (Å²) in [5.41, 5.74) is 2.21. The Balaban J connectivity index is 1.31. The standard InChI is InChI=1S/C21H18FN3O3/c22-17-4-2-1-3-15(17)10-21(26)25-20-8-6-16(12-24-20)23-11-14-5-7-18-19(9-14)28-13-27-18/h1-9,12,23H,10-11,13H2,(H,24,25,26). The largest absolute Gasteiger partial charge is 0.454 e. The number of carbonyl (C=O) groups excluding carboxylic acids is 1. The molecule has 1 amide bonds. The fourth-order valence-electron chi connectivity index (χ4n) is 2.83. The predicted molar refractivity (Wildman–Crippen MR) is 103 cm³/mol. The number of ether oxygens (including phenoxy) is 2. The molecule has 6 nitrogen and oxygen atoms in total. The summed E-state index contributed by atoms with van der Waals surface area (Å²) in [6.07, 6.45) is 1.59. The molecule has 0 fully saturated rings. The van der Waals surface area contributed by atoms with Crippen LogP contribution in [0.1, 0.15) is 11.1 Å². The highest BCUT2D eigenvalue weighted by Crippen LogP contribution is 2.32. The van der Waals surface area contributed by atoms with Gasteiger partial charge in [0.05, 0.1) is 18.3 Å². The number of aromatic nitrogens is 1. The van der Waals surface area contributed by atoms with Gasteiger partial charge in [-0.05, 0) is 41.5 Å². The summed E-state index contributed by atoms with van der Waals surface area (Å²) in [4.78, 5) is 16.3. The van der Waals surface area contributed by atoms with E-state index in [9.17, 15) is 9.18 Å². The van der Waals surface area contributed by atoms with Gasteiger partial charge in [-0.2, -0.15) is 0 Å². The zero-order valence-corrected chi connectivity index (χ0v) is 14.9. The van der Waals surface area contributed by atoms with Gasteiger partial charge >= 0.3 is 0 Å². The summed E-state index contributed by atoms with van der Waals surface area (Å²) in [6.45, 7) is 0.845. The van der Waals surface area contributed by atoms with Crippen molar-refractivity contribution in [2.75, 3.05) is 17.4 Å². The van der Waals surface area contributed by atoms with Crippen LogP contribution in [0.5, 0.6) is 11.5 Å². The molecule has 0 saturated heterocycles. The second kappa shape index (κ2) is 7.96. The minimum absolute atomic E-state index is 0.0432. The van der Waals surface area contributed by atoms with Gasteiger partial charge in [-0.3, -0.25) is 4.79 Å². The van der Waals surface area contributed by atoms with E-state index in [-0.39, 0.29) is 19.1 Å². The molecule has 1 aromatic heterocycles. The van der Waals surface area contributed by atoms with Gasteiger partial charge in [0.25, 0.3) is 0 Å². The Labute approximate surface area is 161 Å². The van der Waals surface area contributed by atoms with E-state index < -0.39 is 5.82 Å². The lowest BCUT2D eigenvalue weighted by atomic mass is 10.1. The molecule has 7 heteroatoms. The fraction of sp³-hybridized carbons (Fsp3) is 0.143. The molecule has 3 aromatic rings. The van der Waals surface area contributed by atoms with Crippen LogP contribution in [-0.4, -0.2) is 17.7 Å². The van der Waals surface area contributed by atoms with Crippen molar-refractivity contribution in [2.24, 2.45) is 0 Å². The van der Waals surface area contributed by atoms with Gasteiger partial charge in [0.2, 0.25) is 12.7 Å². The molecule has 1 aliphatic heterocycles. The molecule has 28 heavy (non-hydrogen) atoms. The van der Waals surface area contributed by atoms with Crippen LogP contribution in [0.15, 0.2) is 60.8 Å². The second-order valence-corrected chi connectivity index (χ2v) is 6.29. The number of benzene rings is 2. The maximum atomic E-state index is 13.6. The minimum Gasteiger partial charge on any atom is -0.454 e. The van der Waals surface area contributed by atoms with Gasteiger partial charge < -0.3 is 20.1 Å². The third kappa shape index (κ3) is 4.20. The van der Waals surface area contributed by atoms with Gasteiger partial charge in [0, 0.05) is 6.54 Å². The van der Waals surface area contributed by atoms with Crippen molar-refractivity contribution in [1.29, 1.82) is 0 Å². The van der Waals surface area contributed by atoms with Gasteiger partial charge in [-0.1, -0.05) is 24.3 Å². The number of nitrogens with zero attached hydrogens (tertiary/aromatic N) is 1. The van der Waals surface area contributed by atoms with E-state index in [1.807, 2.05) is 24.3 Å². The van der Waals surface area contributed by atoms with Crippen LogP contribution in [0.4, 0.5) is 15.9 Å². The summed E-state index contributed by atoms with van der Waals surface area (Å²) in [6, 6.07) is 15.5. The topological polar surface area (TPSA) is 72.5 Å². The lowest BCUT2D eigenvalue weighted by Gasteiger charge is -2.09. The summed E-state index contributed by atoms with van der Waals surface area (Å²) in [5.74, 6) is 1.19. The molecule has 2 heterocycles. The van der Waals surface area contributed by atoms with Crippen LogP contribution in [0.2, 0.25) is 0 Å². The Hall–Kier alpha value is -3.61. The number of anilines is 2. The zero-order chi connectivity index (χ0) is 19.3. The van der Waals surface area contributed by atoms with Crippen LogP contribution in [0.25, 0.3) is 0 Å². The Kier molecular flexibility index (Phi) is 5.05. The van der Waals surface area contributed by atoms with Crippen LogP contribution in [-0.2, 0) is 17.8 Å². The van der Waals surface area contributed by atoms with Crippen molar-refractivity contribution in [3.05, 3.63) is 77.7 Å². The molecule has 0 radical (unpaired) electrons. The molecular weight excluding hydrogens is 361 g/mol. The van der Waals surface area contributed by atoms with Gasteiger partial charge in [-0.25, -0.2) is 9.37 Å². The van der Waals surface area contributed by atoms with Crippen molar-refractivity contribution in [2.45, 2.75) is 13.0 Å². The Morgan fingerprint density at radius 3 is 2.75 bits per heavy atom. The van der Waals surface area contributed by atoms with E-state index in [1.54, 1.807) is 30.5 Å². The van der Waals surface area contributed by atoms with Gasteiger partial charge in [0.15, 0.2) is 11.5 Å². The summed E-state index contributed by atoms with van der Waals surface area (Å²) in [7, 11) is 0. The van der Waals surface area contributed by atoms with E-state index in [0.717, 1.165) is 22.7 Å². The molecule has 0 unspecified atom stereocenters. The van der Waals surface area contributed by atoms with E-state index >= 15 is 0 Å². The molecule has 4 rings (SSSR count). The number of hydrogen-bond donors (Lipinski definition) is 2. The molecule has 0 aliphatic carbocycles. The maximum absolute atomic E-state index is 13.6. The lowest BCUT2D eigenvalue weighted by molar-refractivity contribution is -0.115. The van der Waals surface area contributed by atoms with Gasteiger partial charge in [0.1, 0.15) is 11.6 Å². The molecule has 2 N–H and O–H groups in total. The summed E-state index contributed by atoms with van der Waals surface area (Å²) < 4.78 is 24.3. The van der Waals surface area contributed by atoms with Crippen molar-refractivity contribution < 1.29 is 18.7 Å². The number of halogens is 1. The molecular formula is C21H18FN3O3. The van der Waals surface area contributed by atoms with E-state index in [4.69, 9.17) is 9.47 Å². The lowest BCUT2D eigenvalue weighted by Crippen LogP contribution is -2.16. The molecule has 142 valence electrons. The number of pyridine rings is 1. The van der Waals surface area contributed by atoms with Crippen LogP contribution in [0, 0.1) is 5.82 Å². The molecule has 2 aromatic carbocycles. The van der Waals surface area contributed by atoms with Crippen molar-refractivity contribution in [1.82, 2.24) is 4.98 Å². The third-order valence-corrected chi connectivity index (χ3v) is 4.27. The monoisotopic (exact) mass is 379 g/mol. The smallest absolute Gasteiger partial charge is 0.231 e. The Morgan fingerprint density at radius 1 is 1.07 bits per heavy atom. The number of rotatable bonds is 6. The van der Waals surface area contributed by atoms with E-state index in [1.165, 1.54) is 6.07 Å². The number of amides is 1. The number of carbonyl (C=O) groups is 1. The molecule has 1 aliphatic rings. The Morgan fingerprint density at radius 2 is 1.93 bits per heavy atom. The predicted octanol–water partition coefficient (Wildman–Crippen LogP) is 3.74. The van der Waals surface area contributed by atoms with Gasteiger partial charge in [-0.15, -0.1) is 0 Å². The highest BCUT2D eigenvalue weighted by molar-refractivity contribution is 5.91. The average molecular weight is 379 g/mol. The normalized spacial score (nSPS) is 11.9. The summed E-state index contributed by atoms with van der Waals surface area (Å²) >= 11 is 0. The van der Waals surface area contributed by atoms with E-state index in [2.05, 4.69) is 15.6 Å². The number of nitrogens with one attached hydrogen (secondary N) is 2.